The quantitative estimate of drug-likeness (QED) is 0.592. The van der Waals surface area contributed by atoms with Crippen molar-refractivity contribution in [3.05, 3.63) is 65.7 Å². The number of sulfonamides is 1. The fourth-order valence-electron chi connectivity index (χ4n) is 3.15. The monoisotopic (exact) mass is 459 g/mol. The Morgan fingerprint density at radius 2 is 1.59 bits per heavy atom. The van der Waals surface area contributed by atoms with Crippen LogP contribution < -0.4 is 9.62 Å². The molecule has 0 heterocycles. The van der Waals surface area contributed by atoms with Crippen molar-refractivity contribution in [1.29, 1.82) is 0 Å². The molecule has 0 aliphatic carbocycles. The Hall–Kier alpha value is -2.87. The fraction of sp³-hybridized carbons (Fsp3) is 0.417. The molecule has 8 heteroatoms. The summed E-state index contributed by atoms with van der Waals surface area (Å²) in [6, 6.07) is 15.4. The molecule has 0 bridgehead atoms. The number of nitrogens with one attached hydrogen (secondary N) is 1. The molecule has 32 heavy (non-hydrogen) atoms. The van der Waals surface area contributed by atoms with Gasteiger partial charge in [0.25, 0.3) is 0 Å². The molecule has 2 atom stereocenters. The van der Waals surface area contributed by atoms with Gasteiger partial charge in [-0.15, -0.1) is 0 Å². The molecule has 2 rings (SSSR count). The molecule has 0 aliphatic heterocycles. The van der Waals surface area contributed by atoms with Gasteiger partial charge >= 0.3 is 0 Å². The molecule has 0 fully saturated rings. The van der Waals surface area contributed by atoms with Crippen molar-refractivity contribution in [2.24, 2.45) is 0 Å². The van der Waals surface area contributed by atoms with Gasteiger partial charge in [-0.1, -0.05) is 55.0 Å². The lowest BCUT2D eigenvalue weighted by Gasteiger charge is -2.32. The molecule has 0 radical (unpaired) electrons. The van der Waals surface area contributed by atoms with Crippen LogP contribution in [0.3, 0.4) is 0 Å². The molecule has 174 valence electrons. The summed E-state index contributed by atoms with van der Waals surface area (Å²) < 4.78 is 26.0. The van der Waals surface area contributed by atoms with Gasteiger partial charge in [-0.25, -0.2) is 8.42 Å². The van der Waals surface area contributed by atoms with Crippen LogP contribution in [0.4, 0.5) is 5.69 Å². The predicted octanol–water partition coefficient (Wildman–Crippen LogP) is 3.09. The van der Waals surface area contributed by atoms with Crippen LogP contribution in [-0.2, 0) is 26.2 Å². The van der Waals surface area contributed by atoms with E-state index in [0.717, 1.165) is 28.1 Å². The van der Waals surface area contributed by atoms with Gasteiger partial charge < -0.3 is 10.2 Å². The molecular formula is C24H33N3O4S. The van der Waals surface area contributed by atoms with E-state index in [2.05, 4.69) is 5.32 Å². The van der Waals surface area contributed by atoms with Crippen LogP contribution in [0.15, 0.2) is 54.6 Å². The SMILES string of the molecule is CC[C@H](C)NC(=O)[C@@H](C)N(Cc1ccc(C)cc1)C(=O)CN(c1ccccc1)S(C)(=O)=O. The van der Waals surface area contributed by atoms with Crippen molar-refractivity contribution in [3.8, 4) is 0 Å². The lowest BCUT2D eigenvalue weighted by atomic mass is 10.1. The highest BCUT2D eigenvalue weighted by molar-refractivity contribution is 7.92. The maximum Gasteiger partial charge on any atom is 0.244 e. The number of benzene rings is 2. The number of carbonyl (C=O) groups excluding carboxylic acids is 2. The summed E-state index contributed by atoms with van der Waals surface area (Å²) in [5, 5.41) is 2.91. The average molecular weight is 460 g/mol. The number of carbonyl (C=O) groups is 2. The molecule has 0 aromatic heterocycles. The number of anilines is 1. The van der Waals surface area contributed by atoms with Crippen LogP contribution >= 0.6 is 0 Å². The fourth-order valence-corrected chi connectivity index (χ4v) is 4.00. The van der Waals surface area contributed by atoms with Crippen LogP contribution in [-0.4, -0.2) is 50.0 Å². The molecule has 1 N–H and O–H groups in total. The Morgan fingerprint density at radius 1 is 1.00 bits per heavy atom. The van der Waals surface area contributed by atoms with Crippen LogP contribution in [0.1, 0.15) is 38.3 Å². The number of amides is 2. The number of hydrogen-bond donors (Lipinski definition) is 1. The third-order valence-corrected chi connectivity index (χ3v) is 6.51. The Morgan fingerprint density at radius 3 is 2.12 bits per heavy atom. The largest absolute Gasteiger partial charge is 0.352 e. The first-order valence-corrected chi connectivity index (χ1v) is 12.6. The van der Waals surface area contributed by atoms with Crippen molar-refractivity contribution in [1.82, 2.24) is 10.2 Å². The van der Waals surface area contributed by atoms with E-state index < -0.39 is 28.5 Å². The standard InChI is InChI=1S/C24H33N3O4S/c1-6-19(3)25-24(29)20(4)26(16-21-14-12-18(2)13-15-21)23(28)17-27(32(5,30)31)22-10-8-7-9-11-22/h7-15,19-20H,6,16-17H2,1-5H3,(H,25,29)/t19-,20+/m0/s1. The Bertz CT molecular complexity index is 1010. The molecule has 2 aromatic rings. The Kier molecular flexibility index (Phi) is 8.83. The topological polar surface area (TPSA) is 86.8 Å². The second-order valence-corrected chi connectivity index (χ2v) is 10.0. The van der Waals surface area contributed by atoms with E-state index in [0.29, 0.717) is 5.69 Å². The highest BCUT2D eigenvalue weighted by Crippen LogP contribution is 2.18. The van der Waals surface area contributed by atoms with Gasteiger partial charge in [0, 0.05) is 12.6 Å². The molecule has 0 saturated carbocycles. The predicted molar refractivity (Wildman–Crippen MR) is 128 cm³/mol. The minimum Gasteiger partial charge on any atom is -0.352 e. The second kappa shape index (κ2) is 11.1. The summed E-state index contributed by atoms with van der Waals surface area (Å²) in [5.74, 6) is -0.725. The number of rotatable bonds is 10. The molecule has 0 saturated heterocycles. The normalized spacial score (nSPS) is 13.2. The second-order valence-electron chi connectivity index (χ2n) is 8.11. The summed E-state index contributed by atoms with van der Waals surface area (Å²) in [4.78, 5) is 27.6. The maximum absolute atomic E-state index is 13.4. The van der Waals surface area contributed by atoms with E-state index in [-0.39, 0.29) is 18.5 Å². The van der Waals surface area contributed by atoms with Crippen molar-refractivity contribution in [2.45, 2.75) is 52.7 Å². The zero-order valence-electron chi connectivity index (χ0n) is 19.4. The Labute approximate surface area is 191 Å². The zero-order valence-corrected chi connectivity index (χ0v) is 20.2. The maximum atomic E-state index is 13.4. The zero-order chi connectivity index (χ0) is 23.9. The first kappa shape index (κ1) is 25.4. The van der Waals surface area contributed by atoms with Crippen LogP contribution in [0.5, 0.6) is 0 Å². The first-order valence-electron chi connectivity index (χ1n) is 10.7. The third kappa shape index (κ3) is 7.09. The van der Waals surface area contributed by atoms with Gasteiger partial charge in [0.1, 0.15) is 12.6 Å². The highest BCUT2D eigenvalue weighted by atomic mass is 32.2. The molecule has 2 amide bonds. The molecule has 0 aliphatic rings. The van der Waals surface area contributed by atoms with E-state index in [1.807, 2.05) is 45.0 Å². The summed E-state index contributed by atoms with van der Waals surface area (Å²) in [6.07, 6.45) is 1.83. The van der Waals surface area contributed by atoms with Gasteiger partial charge in [0.05, 0.1) is 11.9 Å². The lowest BCUT2D eigenvalue weighted by molar-refractivity contribution is -0.139. The number of nitrogens with zero attached hydrogens (tertiary/aromatic N) is 2. The minimum atomic E-state index is -3.71. The van der Waals surface area contributed by atoms with Gasteiger partial charge in [0.15, 0.2) is 0 Å². The number of para-hydroxylation sites is 1. The van der Waals surface area contributed by atoms with Crippen molar-refractivity contribution >= 4 is 27.5 Å². The minimum absolute atomic E-state index is 0.0295. The number of hydrogen-bond acceptors (Lipinski definition) is 4. The third-order valence-electron chi connectivity index (χ3n) is 5.37. The summed E-state index contributed by atoms with van der Waals surface area (Å²) in [5.41, 5.74) is 2.34. The van der Waals surface area contributed by atoms with Crippen LogP contribution in [0.25, 0.3) is 0 Å². The van der Waals surface area contributed by atoms with Gasteiger partial charge in [0.2, 0.25) is 21.8 Å². The number of aryl methyl sites for hydroxylation is 1. The average Bonchev–Trinajstić information content (AvgIpc) is 2.76. The van der Waals surface area contributed by atoms with E-state index in [9.17, 15) is 18.0 Å². The molecular weight excluding hydrogens is 426 g/mol. The summed E-state index contributed by atoms with van der Waals surface area (Å²) in [7, 11) is -3.71. The molecule has 0 unspecified atom stereocenters. The summed E-state index contributed by atoms with van der Waals surface area (Å²) in [6.45, 7) is 7.30. The van der Waals surface area contributed by atoms with E-state index in [1.54, 1.807) is 37.3 Å². The highest BCUT2D eigenvalue weighted by Gasteiger charge is 2.30. The van der Waals surface area contributed by atoms with Crippen molar-refractivity contribution in [2.75, 3.05) is 17.1 Å². The van der Waals surface area contributed by atoms with Crippen LogP contribution in [0, 0.1) is 6.92 Å². The molecule has 0 spiro atoms. The first-order chi connectivity index (χ1) is 15.0. The molecule has 7 nitrogen and oxygen atoms in total. The van der Waals surface area contributed by atoms with Crippen molar-refractivity contribution in [3.63, 3.8) is 0 Å². The smallest absolute Gasteiger partial charge is 0.244 e. The van der Waals surface area contributed by atoms with Gasteiger partial charge in [-0.05, 0) is 44.9 Å². The van der Waals surface area contributed by atoms with E-state index >= 15 is 0 Å². The van der Waals surface area contributed by atoms with E-state index in [1.165, 1.54) is 4.90 Å². The Balaban J connectivity index is 2.34. The van der Waals surface area contributed by atoms with E-state index in [4.69, 9.17) is 0 Å². The van der Waals surface area contributed by atoms with Crippen molar-refractivity contribution < 1.29 is 18.0 Å². The van der Waals surface area contributed by atoms with Crippen LogP contribution in [0.2, 0.25) is 0 Å². The van der Waals surface area contributed by atoms with Gasteiger partial charge in [-0.3, -0.25) is 13.9 Å². The lowest BCUT2D eigenvalue weighted by Crippen LogP contribution is -2.52. The molecule has 2 aromatic carbocycles. The van der Waals surface area contributed by atoms with Gasteiger partial charge in [-0.2, -0.15) is 0 Å². The summed E-state index contributed by atoms with van der Waals surface area (Å²) >= 11 is 0.